The number of hydrogen-bond acceptors (Lipinski definition) is 6. The predicted octanol–water partition coefficient (Wildman–Crippen LogP) is 0.538. The normalized spacial score (nSPS) is 13.4. The highest BCUT2D eigenvalue weighted by Crippen LogP contribution is 2.15. The molecule has 108 valence electrons. The number of carbonyl (C=O) groups is 1. The summed E-state index contributed by atoms with van der Waals surface area (Å²) in [5, 5.41) is 17.3. The topological polar surface area (TPSA) is 110 Å². The fourth-order valence-corrected chi connectivity index (χ4v) is 1.89. The van der Waals surface area contributed by atoms with Crippen LogP contribution in [-0.2, 0) is 23.6 Å². The number of aliphatic hydroxyl groups is 1. The van der Waals surface area contributed by atoms with Crippen LogP contribution in [-0.4, -0.2) is 44.9 Å². The van der Waals surface area contributed by atoms with Crippen LogP contribution in [0.1, 0.15) is 32.1 Å². The molecule has 0 aromatic rings. The first kappa shape index (κ1) is 17.3. The molecule has 1 atom stereocenters. The lowest BCUT2D eigenvalue weighted by Crippen LogP contribution is -2.16. The van der Waals surface area contributed by atoms with E-state index in [9.17, 15) is 13.2 Å². The molecule has 0 bridgehead atoms. The Kier molecular flexibility index (Phi) is 8.90. The van der Waals surface area contributed by atoms with Crippen LogP contribution in [0.3, 0.4) is 0 Å². The second-order valence-corrected chi connectivity index (χ2v) is 5.26. The second kappa shape index (κ2) is 9.26. The summed E-state index contributed by atoms with van der Waals surface area (Å²) in [5.74, 6) is -0.986. The molecule has 1 unspecified atom stereocenters. The molecular formula is C10H20O7S. The van der Waals surface area contributed by atoms with Crippen molar-refractivity contribution in [1.29, 1.82) is 0 Å². The zero-order valence-electron chi connectivity index (χ0n) is 10.4. The maximum atomic E-state index is 10.9. The monoisotopic (exact) mass is 284 g/mol. The number of carboxylic acids is 1. The fraction of sp³-hybridized carbons (Fsp3) is 0.900. The van der Waals surface area contributed by atoms with Crippen LogP contribution in [0.4, 0.5) is 0 Å². The molecule has 0 rings (SSSR count). The predicted molar refractivity (Wildman–Crippen MR) is 63.2 cm³/mol. The van der Waals surface area contributed by atoms with Crippen LogP contribution in [0, 0.1) is 5.92 Å². The second-order valence-electron chi connectivity index (χ2n) is 3.88. The van der Waals surface area contributed by atoms with E-state index in [1.165, 1.54) is 0 Å². The molecule has 7 nitrogen and oxygen atoms in total. The molecule has 0 aliphatic carbocycles. The standard InChI is InChI=1S/C10H20O7S/c1-16-18(14,15)17-8-9(6-7-11)4-2-3-5-10(12)13/h9,11H,2-8H2,1H3,(H,12,13). The van der Waals surface area contributed by atoms with E-state index in [1.807, 2.05) is 0 Å². The lowest BCUT2D eigenvalue weighted by Gasteiger charge is -2.14. The zero-order chi connectivity index (χ0) is 14.0. The van der Waals surface area contributed by atoms with Gasteiger partial charge in [-0.1, -0.05) is 6.42 Å². The minimum Gasteiger partial charge on any atom is -0.481 e. The highest BCUT2D eigenvalue weighted by atomic mass is 32.3. The summed E-state index contributed by atoms with van der Waals surface area (Å²) >= 11 is 0. The van der Waals surface area contributed by atoms with Crippen LogP contribution in [0.25, 0.3) is 0 Å². The van der Waals surface area contributed by atoms with Gasteiger partial charge in [0.05, 0.1) is 13.7 Å². The Hall–Kier alpha value is -0.700. The summed E-state index contributed by atoms with van der Waals surface area (Å²) in [6.07, 6.45) is 2.27. The minimum absolute atomic E-state index is 0.0657. The molecule has 0 aromatic carbocycles. The van der Waals surface area contributed by atoms with Crippen molar-refractivity contribution in [1.82, 2.24) is 0 Å². The molecule has 0 aliphatic heterocycles. The van der Waals surface area contributed by atoms with Gasteiger partial charge in [0.25, 0.3) is 0 Å². The van der Waals surface area contributed by atoms with Gasteiger partial charge in [0.1, 0.15) is 0 Å². The molecule has 18 heavy (non-hydrogen) atoms. The van der Waals surface area contributed by atoms with Crippen molar-refractivity contribution in [2.45, 2.75) is 32.1 Å². The molecule has 0 heterocycles. The van der Waals surface area contributed by atoms with Crippen molar-refractivity contribution in [3.05, 3.63) is 0 Å². The van der Waals surface area contributed by atoms with E-state index < -0.39 is 16.4 Å². The van der Waals surface area contributed by atoms with Gasteiger partial charge >= 0.3 is 16.4 Å². The van der Waals surface area contributed by atoms with Crippen molar-refractivity contribution >= 4 is 16.4 Å². The van der Waals surface area contributed by atoms with Gasteiger partial charge in [-0.2, -0.15) is 8.42 Å². The summed E-state index contributed by atoms with van der Waals surface area (Å²) in [6.45, 7) is -0.135. The number of hydrogen-bond donors (Lipinski definition) is 2. The average Bonchev–Trinajstić information content (AvgIpc) is 2.31. The Labute approximate surface area is 107 Å². The lowest BCUT2D eigenvalue weighted by atomic mass is 9.99. The Bertz CT molecular complexity index is 325. The quantitative estimate of drug-likeness (QED) is 0.533. The van der Waals surface area contributed by atoms with Crippen LogP contribution < -0.4 is 0 Å². The third-order valence-electron chi connectivity index (χ3n) is 2.44. The van der Waals surface area contributed by atoms with Crippen molar-refractivity contribution in [2.24, 2.45) is 5.92 Å². The van der Waals surface area contributed by atoms with Crippen molar-refractivity contribution in [3.63, 3.8) is 0 Å². The van der Waals surface area contributed by atoms with Gasteiger partial charge < -0.3 is 10.2 Å². The Morgan fingerprint density at radius 2 is 1.94 bits per heavy atom. The van der Waals surface area contributed by atoms with Gasteiger partial charge in [0, 0.05) is 13.0 Å². The molecule has 2 N–H and O–H groups in total. The van der Waals surface area contributed by atoms with E-state index >= 15 is 0 Å². The molecule has 0 saturated heterocycles. The van der Waals surface area contributed by atoms with Gasteiger partial charge in [0.15, 0.2) is 0 Å². The number of unbranched alkanes of at least 4 members (excludes halogenated alkanes) is 1. The van der Waals surface area contributed by atoms with Crippen LogP contribution in [0.5, 0.6) is 0 Å². The summed E-state index contributed by atoms with van der Waals surface area (Å²) in [6, 6.07) is 0. The molecule has 0 aliphatic rings. The number of carboxylic acid groups (broad SMARTS) is 1. The summed E-state index contributed by atoms with van der Waals surface area (Å²) in [4.78, 5) is 10.3. The van der Waals surface area contributed by atoms with E-state index in [0.29, 0.717) is 25.7 Å². The molecule has 8 heteroatoms. The van der Waals surface area contributed by atoms with E-state index in [1.54, 1.807) is 0 Å². The van der Waals surface area contributed by atoms with Gasteiger partial charge in [-0.3, -0.25) is 8.98 Å². The number of aliphatic hydroxyl groups excluding tert-OH is 1. The first-order valence-electron chi connectivity index (χ1n) is 5.69. The smallest absolute Gasteiger partial charge is 0.399 e. The molecular weight excluding hydrogens is 264 g/mol. The summed E-state index contributed by atoms with van der Waals surface area (Å²) in [7, 11) is -2.95. The Morgan fingerprint density at radius 1 is 1.28 bits per heavy atom. The van der Waals surface area contributed by atoms with E-state index in [4.69, 9.17) is 10.2 Å². The van der Waals surface area contributed by atoms with Crippen molar-refractivity contribution < 1.29 is 31.8 Å². The van der Waals surface area contributed by atoms with Crippen LogP contribution >= 0.6 is 0 Å². The Balaban J connectivity index is 3.95. The fourth-order valence-electron chi connectivity index (χ4n) is 1.43. The number of aliphatic carboxylic acids is 1. The van der Waals surface area contributed by atoms with Crippen molar-refractivity contribution in [2.75, 3.05) is 20.3 Å². The van der Waals surface area contributed by atoms with Gasteiger partial charge in [0.2, 0.25) is 0 Å². The highest BCUT2D eigenvalue weighted by Gasteiger charge is 2.15. The van der Waals surface area contributed by atoms with Gasteiger partial charge in [-0.15, -0.1) is 0 Å². The summed E-state index contributed by atoms with van der Waals surface area (Å²) in [5.41, 5.74) is 0. The zero-order valence-corrected chi connectivity index (χ0v) is 11.2. The highest BCUT2D eigenvalue weighted by molar-refractivity contribution is 7.81. The number of rotatable bonds is 11. The largest absolute Gasteiger partial charge is 0.481 e. The third kappa shape index (κ3) is 9.34. The molecule has 0 spiro atoms. The Morgan fingerprint density at radius 3 is 2.44 bits per heavy atom. The maximum Gasteiger partial charge on any atom is 0.399 e. The molecule has 0 radical (unpaired) electrons. The van der Waals surface area contributed by atoms with E-state index in [2.05, 4.69) is 8.37 Å². The first-order chi connectivity index (χ1) is 8.41. The third-order valence-corrected chi connectivity index (χ3v) is 3.28. The van der Waals surface area contributed by atoms with Gasteiger partial charge in [-0.25, -0.2) is 4.18 Å². The first-order valence-corrected chi connectivity index (χ1v) is 7.02. The van der Waals surface area contributed by atoms with Crippen molar-refractivity contribution in [3.8, 4) is 0 Å². The molecule has 0 aromatic heterocycles. The lowest BCUT2D eigenvalue weighted by molar-refractivity contribution is -0.137. The SMILES string of the molecule is COS(=O)(=O)OCC(CCO)CCCCC(=O)O. The van der Waals surface area contributed by atoms with E-state index in [-0.39, 0.29) is 25.6 Å². The van der Waals surface area contributed by atoms with Gasteiger partial charge in [-0.05, 0) is 25.2 Å². The molecule has 0 fully saturated rings. The van der Waals surface area contributed by atoms with E-state index in [0.717, 1.165) is 7.11 Å². The average molecular weight is 284 g/mol. The minimum atomic E-state index is -3.95. The summed E-state index contributed by atoms with van der Waals surface area (Å²) < 4.78 is 30.6. The maximum absolute atomic E-state index is 10.9. The van der Waals surface area contributed by atoms with Crippen LogP contribution in [0.15, 0.2) is 0 Å². The molecule has 0 amide bonds. The molecule has 0 saturated carbocycles. The van der Waals surface area contributed by atoms with Crippen LogP contribution in [0.2, 0.25) is 0 Å².